The fourth-order valence-electron chi connectivity index (χ4n) is 1.33. The molecule has 60 valence electrons. The van der Waals surface area contributed by atoms with Crippen molar-refractivity contribution >= 4 is 8.56 Å². The first-order chi connectivity index (χ1) is 4.77. The van der Waals surface area contributed by atoms with Crippen molar-refractivity contribution in [2.45, 2.75) is 32.4 Å². The van der Waals surface area contributed by atoms with E-state index in [4.69, 9.17) is 8.85 Å². The third kappa shape index (κ3) is 2.07. The van der Waals surface area contributed by atoms with Crippen LogP contribution in [0.5, 0.6) is 0 Å². The van der Waals surface area contributed by atoms with Crippen molar-refractivity contribution in [2.24, 2.45) is 0 Å². The van der Waals surface area contributed by atoms with Crippen molar-refractivity contribution in [3.05, 3.63) is 0 Å². The fourth-order valence-corrected chi connectivity index (χ4v) is 3.78. The molecule has 0 aromatic heterocycles. The van der Waals surface area contributed by atoms with Gasteiger partial charge in [-0.2, -0.15) is 0 Å². The van der Waals surface area contributed by atoms with Gasteiger partial charge >= 0.3 is 8.56 Å². The van der Waals surface area contributed by atoms with Crippen molar-refractivity contribution in [1.82, 2.24) is 0 Å². The molecule has 0 radical (unpaired) electrons. The molecule has 0 aromatic rings. The van der Waals surface area contributed by atoms with Gasteiger partial charge in [0.15, 0.2) is 0 Å². The van der Waals surface area contributed by atoms with E-state index in [2.05, 4.69) is 6.55 Å². The zero-order valence-corrected chi connectivity index (χ0v) is 7.85. The van der Waals surface area contributed by atoms with Gasteiger partial charge in [0.2, 0.25) is 0 Å². The Morgan fingerprint density at radius 3 is 2.80 bits per heavy atom. The summed E-state index contributed by atoms with van der Waals surface area (Å²) in [6.07, 6.45) is 2.51. The van der Waals surface area contributed by atoms with Gasteiger partial charge in [-0.25, -0.2) is 0 Å². The molecule has 0 bridgehead atoms. The summed E-state index contributed by atoms with van der Waals surface area (Å²) in [5.74, 6) is 0. The standard InChI is InChI=1S/C7H16O2Si/c1-3-8-10(2)7-5-4-6-9-10/h3-7H2,1-2H3. The first kappa shape index (κ1) is 8.24. The van der Waals surface area contributed by atoms with Gasteiger partial charge in [-0.1, -0.05) is 0 Å². The Morgan fingerprint density at radius 1 is 1.50 bits per heavy atom. The molecule has 1 saturated heterocycles. The first-order valence-electron chi connectivity index (χ1n) is 4.05. The average molecular weight is 160 g/mol. The molecule has 10 heavy (non-hydrogen) atoms. The lowest BCUT2D eigenvalue weighted by molar-refractivity contribution is 0.161. The van der Waals surface area contributed by atoms with Crippen molar-refractivity contribution in [3.8, 4) is 0 Å². The van der Waals surface area contributed by atoms with E-state index in [1.165, 1.54) is 18.9 Å². The summed E-state index contributed by atoms with van der Waals surface area (Å²) in [5.41, 5.74) is 0. The van der Waals surface area contributed by atoms with E-state index < -0.39 is 8.56 Å². The molecule has 2 nitrogen and oxygen atoms in total. The maximum atomic E-state index is 5.62. The van der Waals surface area contributed by atoms with Gasteiger partial charge in [-0.05, 0) is 32.4 Å². The Labute approximate surface area is 63.8 Å². The first-order valence-corrected chi connectivity index (χ1v) is 6.57. The molecule has 1 aliphatic heterocycles. The average Bonchev–Trinajstić information content (AvgIpc) is 1.89. The highest BCUT2D eigenvalue weighted by Crippen LogP contribution is 2.21. The van der Waals surface area contributed by atoms with Gasteiger partial charge in [0.05, 0.1) is 0 Å². The minimum atomic E-state index is -1.64. The topological polar surface area (TPSA) is 18.5 Å². The third-order valence-electron chi connectivity index (χ3n) is 1.88. The Kier molecular flexibility index (Phi) is 2.89. The molecular weight excluding hydrogens is 144 g/mol. The minimum absolute atomic E-state index is 0.808. The van der Waals surface area contributed by atoms with Gasteiger partial charge in [-0.3, -0.25) is 0 Å². The fraction of sp³-hybridized carbons (Fsp3) is 1.00. The molecule has 0 amide bonds. The van der Waals surface area contributed by atoms with Gasteiger partial charge in [0.25, 0.3) is 0 Å². The Morgan fingerprint density at radius 2 is 2.30 bits per heavy atom. The summed E-state index contributed by atoms with van der Waals surface area (Å²) in [6, 6.07) is 1.18. The minimum Gasteiger partial charge on any atom is -0.395 e. The third-order valence-corrected chi connectivity index (χ3v) is 4.86. The Hall–Kier alpha value is 0.137. The second-order valence-electron chi connectivity index (χ2n) is 2.87. The predicted octanol–water partition coefficient (Wildman–Crippen LogP) is 1.91. The van der Waals surface area contributed by atoms with Gasteiger partial charge < -0.3 is 8.85 Å². The largest absolute Gasteiger partial charge is 0.395 e. The predicted molar refractivity (Wildman–Crippen MR) is 43.2 cm³/mol. The molecule has 1 heterocycles. The summed E-state index contributed by atoms with van der Waals surface area (Å²) in [4.78, 5) is 0. The van der Waals surface area contributed by atoms with Gasteiger partial charge in [-0.15, -0.1) is 0 Å². The maximum Gasteiger partial charge on any atom is 0.334 e. The van der Waals surface area contributed by atoms with Crippen LogP contribution in [0.2, 0.25) is 12.6 Å². The zero-order chi connectivity index (χ0) is 7.45. The second kappa shape index (κ2) is 3.51. The molecule has 0 aliphatic carbocycles. The van der Waals surface area contributed by atoms with Crippen LogP contribution in [0.25, 0.3) is 0 Å². The number of hydrogen-bond acceptors (Lipinski definition) is 2. The van der Waals surface area contributed by atoms with Crippen LogP contribution in [0.3, 0.4) is 0 Å². The molecule has 0 saturated carbocycles. The van der Waals surface area contributed by atoms with E-state index in [0.717, 1.165) is 13.2 Å². The normalized spacial score (nSPS) is 34.2. The number of hydrogen-bond donors (Lipinski definition) is 0. The monoisotopic (exact) mass is 160 g/mol. The van der Waals surface area contributed by atoms with Crippen molar-refractivity contribution in [1.29, 1.82) is 0 Å². The lowest BCUT2D eigenvalue weighted by Crippen LogP contribution is -2.41. The van der Waals surface area contributed by atoms with Crippen LogP contribution in [0, 0.1) is 0 Å². The highest BCUT2D eigenvalue weighted by atomic mass is 28.4. The molecular formula is C7H16O2Si. The summed E-state index contributed by atoms with van der Waals surface area (Å²) in [5, 5.41) is 0. The van der Waals surface area contributed by atoms with E-state index in [0.29, 0.717) is 0 Å². The Bertz CT molecular complexity index is 94.3. The second-order valence-corrected chi connectivity index (χ2v) is 6.22. The van der Waals surface area contributed by atoms with E-state index in [1.807, 2.05) is 6.92 Å². The lowest BCUT2D eigenvalue weighted by atomic mass is 10.4. The van der Waals surface area contributed by atoms with Crippen LogP contribution in [-0.4, -0.2) is 21.8 Å². The molecule has 0 aromatic carbocycles. The lowest BCUT2D eigenvalue weighted by Gasteiger charge is -2.30. The molecule has 1 aliphatic rings. The van der Waals surface area contributed by atoms with E-state index >= 15 is 0 Å². The molecule has 0 N–H and O–H groups in total. The smallest absolute Gasteiger partial charge is 0.334 e. The highest BCUT2D eigenvalue weighted by Gasteiger charge is 2.32. The summed E-state index contributed by atoms with van der Waals surface area (Å²) in [6.45, 7) is 5.93. The van der Waals surface area contributed by atoms with Crippen LogP contribution >= 0.6 is 0 Å². The number of rotatable bonds is 2. The van der Waals surface area contributed by atoms with Crippen LogP contribution in [0.4, 0.5) is 0 Å². The van der Waals surface area contributed by atoms with Crippen LogP contribution in [0.1, 0.15) is 19.8 Å². The van der Waals surface area contributed by atoms with Crippen LogP contribution in [-0.2, 0) is 8.85 Å². The van der Waals surface area contributed by atoms with Crippen molar-refractivity contribution in [3.63, 3.8) is 0 Å². The van der Waals surface area contributed by atoms with E-state index in [1.54, 1.807) is 0 Å². The van der Waals surface area contributed by atoms with E-state index in [-0.39, 0.29) is 0 Å². The van der Waals surface area contributed by atoms with Crippen LogP contribution in [0.15, 0.2) is 0 Å². The van der Waals surface area contributed by atoms with Crippen LogP contribution < -0.4 is 0 Å². The maximum absolute atomic E-state index is 5.62. The summed E-state index contributed by atoms with van der Waals surface area (Å²) >= 11 is 0. The van der Waals surface area contributed by atoms with Gasteiger partial charge in [0, 0.05) is 13.2 Å². The molecule has 1 rings (SSSR count). The SMILES string of the molecule is CCO[Si]1(C)CCCCO1. The van der Waals surface area contributed by atoms with E-state index in [9.17, 15) is 0 Å². The molecule has 1 atom stereocenters. The highest BCUT2D eigenvalue weighted by molar-refractivity contribution is 6.66. The summed E-state index contributed by atoms with van der Waals surface area (Å²) in [7, 11) is -1.64. The van der Waals surface area contributed by atoms with Crippen molar-refractivity contribution < 1.29 is 8.85 Å². The quantitative estimate of drug-likeness (QED) is 0.574. The zero-order valence-electron chi connectivity index (χ0n) is 6.85. The van der Waals surface area contributed by atoms with Gasteiger partial charge in [0.1, 0.15) is 0 Å². The summed E-state index contributed by atoms with van der Waals surface area (Å²) < 4.78 is 11.2. The Balaban J connectivity index is 2.32. The molecule has 0 spiro atoms. The van der Waals surface area contributed by atoms with Crippen molar-refractivity contribution in [2.75, 3.05) is 13.2 Å². The molecule has 1 fully saturated rings. The molecule has 1 unspecified atom stereocenters. The molecule has 3 heteroatoms.